The maximum absolute atomic E-state index is 14.3. The van der Waals surface area contributed by atoms with Gasteiger partial charge < -0.3 is 4.74 Å². The first-order chi connectivity index (χ1) is 15.9. The van der Waals surface area contributed by atoms with Crippen LogP contribution in [0.2, 0.25) is 0 Å². The number of amides is 1. The zero-order chi connectivity index (χ0) is 23.4. The molecule has 0 aromatic heterocycles. The van der Waals surface area contributed by atoms with Crippen molar-refractivity contribution >= 4 is 23.8 Å². The van der Waals surface area contributed by atoms with Gasteiger partial charge in [-0.15, -0.1) is 0 Å². The lowest BCUT2D eigenvalue weighted by atomic mass is 9.49. The Hall–Kier alpha value is -3.47. The number of hydrogen-bond acceptors (Lipinski definition) is 4. The van der Waals surface area contributed by atoms with E-state index in [0.717, 1.165) is 27.8 Å². The molecule has 0 radical (unpaired) electrons. The number of Topliss-reactive ketones (excluding diaryl/α,β-unsaturated/α-hetero) is 1. The second-order valence-corrected chi connectivity index (χ2v) is 9.20. The zero-order valence-electron chi connectivity index (χ0n) is 19.4. The third-order valence-corrected chi connectivity index (χ3v) is 7.66. The molecule has 2 aliphatic heterocycles. The van der Waals surface area contributed by atoms with Gasteiger partial charge in [-0.3, -0.25) is 14.7 Å². The fraction of sp³-hybridized carbons (Fsp3) is 0.321. The summed E-state index contributed by atoms with van der Waals surface area (Å²) in [5.41, 5.74) is 3.07. The lowest BCUT2D eigenvalue weighted by molar-refractivity contribution is -0.127. The summed E-state index contributed by atoms with van der Waals surface area (Å²) in [6.07, 6.45) is 3.13. The molecule has 2 aromatic rings. The van der Waals surface area contributed by atoms with E-state index in [-0.39, 0.29) is 18.4 Å². The van der Waals surface area contributed by atoms with Gasteiger partial charge in [0.15, 0.2) is 5.78 Å². The number of ketones is 1. The normalized spacial score (nSPS) is 30.2. The number of benzene rings is 2. The molecule has 6 rings (SSSR count). The van der Waals surface area contributed by atoms with Crippen LogP contribution in [0.3, 0.4) is 0 Å². The molecule has 0 N–H and O–H groups in total. The third-order valence-electron chi connectivity index (χ3n) is 7.66. The van der Waals surface area contributed by atoms with E-state index < -0.39 is 23.0 Å². The summed E-state index contributed by atoms with van der Waals surface area (Å²) in [6, 6.07) is 19.4. The number of fused-ring (bicyclic) bond motifs is 1. The van der Waals surface area contributed by atoms with Crippen LogP contribution in [-0.2, 0) is 14.9 Å². The van der Waals surface area contributed by atoms with E-state index in [1.54, 1.807) is 13.3 Å². The van der Waals surface area contributed by atoms with E-state index in [9.17, 15) is 9.59 Å². The van der Waals surface area contributed by atoms with Gasteiger partial charge in [0.05, 0.1) is 35.9 Å². The van der Waals surface area contributed by atoms with Crippen LogP contribution in [-0.4, -0.2) is 41.8 Å². The third kappa shape index (κ3) is 2.62. The van der Waals surface area contributed by atoms with Crippen molar-refractivity contribution < 1.29 is 14.3 Å². The van der Waals surface area contributed by atoms with Crippen LogP contribution in [0.15, 0.2) is 82.9 Å². The van der Waals surface area contributed by atoms with Crippen molar-refractivity contribution in [3.63, 3.8) is 0 Å². The molecule has 33 heavy (non-hydrogen) atoms. The molecular formula is C28H28N2O3. The predicted octanol–water partition coefficient (Wildman–Crippen LogP) is 5.18. The molecular weight excluding hydrogens is 412 g/mol. The van der Waals surface area contributed by atoms with E-state index in [0.29, 0.717) is 0 Å². The molecule has 4 atom stereocenters. The molecule has 1 amide bonds. The average Bonchev–Trinajstić information content (AvgIpc) is 2.96. The molecule has 2 bridgehead atoms. The Kier molecular flexibility index (Phi) is 4.89. The second kappa shape index (κ2) is 7.55. The lowest BCUT2D eigenvalue weighted by Gasteiger charge is -2.54. The van der Waals surface area contributed by atoms with Crippen molar-refractivity contribution in [3.8, 4) is 0 Å². The van der Waals surface area contributed by atoms with Gasteiger partial charge in [-0.1, -0.05) is 66.7 Å². The number of allylic oxidation sites excluding steroid dienone is 1. The van der Waals surface area contributed by atoms with E-state index >= 15 is 0 Å². The fourth-order valence-corrected chi connectivity index (χ4v) is 6.38. The highest BCUT2D eigenvalue weighted by Crippen LogP contribution is 2.66. The van der Waals surface area contributed by atoms with Crippen molar-refractivity contribution in [2.24, 2.45) is 10.4 Å². The summed E-state index contributed by atoms with van der Waals surface area (Å²) in [7, 11) is 0. The Labute approximate surface area is 194 Å². The monoisotopic (exact) mass is 440 g/mol. The molecule has 2 aromatic carbocycles. The first kappa shape index (κ1) is 21.4. The maximum Gasteiger partial charge on any atom is 0.415 e. The van der Waals surface area contributed by atoms with Crippen LogP contribution in [0.5, 0.6) is 0 Å². The summed E-state index contributed by atoms with van der Waals surface area (Å²) >= 11 is 0. The van der Waals surface area contributed by atoms with Crippen molar-refractivity contribution in [1.82, 2.24) is 4.90 Å². The van der Waals surface area contributed by atoms with E-state index in [4.69, 9.17) is 9.73 Å². The number of nitrogens with zero attached hydrogens (tertiary/aromatic N) is 2. The molecule has 5 nitrogen and oxygen atoms in total. The van der Waals surface area contributed by atoms with Gasteiger partial charge in [-0.25, -0.2) is 4.79 Å². The summed E-state index contributed by atoms with van der Waals surface area (Å²) in [4.78, 5) is 33.8. The molecule has 0 saturated carbocycles. The highest BCUT2D eigenvalue weighted by Gasteiger charge is 2.71. The maximum atomic E-state index is 14.3. The standard InChI is InChI=1S/C28H28N2O3/c1-5-33-26(32)30-17-29-24-18(2)16-22(30)27(4)25(31)19(3)23(20-12-8-6-9-13-20)28(24,27)21-14-10-7-11-15-21/h6-17,22,24H,5H2,1-4H3/t22-,24+,27-,28-/m1/s1. The fourth-order valence-electron chi connectivity index (χ4n) is 6.38. The minimum Gasteiger partial charge on any atom is -0.449 e. The minimum absolute atomic E-state index is 0.0451. The first-order valence-electron chi connectivity index (χ1n) is 11.4. The SMILES string of the molecule is CCOC(=O)N1C=N[C@H]2C(C)=C[C@@H]1[C@]1(C)C(=O)C(C)=C(c3ccccc3)[C@]21c1ccccc1. The average molecular weight is 441 g/mol. The number of hydrogen-bond donors (Lipinski definition) is 0. The summed E-state index contributed by atoms with van der Waals surface area (Å²) in [5, 5.41) is 0. The lowest BCUT2D eigenvalue weighted by Crippen LogP contribution is -2.63. The largest absolute Gasteiger partial charge is 0.449 e. The van der Waals surface area contributed by atoms with Crippen molar-refractivity contribution in [1.29, 1.82) is 0 Å². The highest BCUT2D eigenvalue weighted by molar-refractivity contribution is 6.16. The number of carbonyl (C=O) groups is 2. The van der Waals surface area contributed by atoms with Crippen LogP contribution >= 0.6 is 0 Å². The zero-order valence-corrected chi connectivity index (χ0v) is 19.4. The van der Waals surface area contributed by atoms with Crippen LogP contribution in [0.1, 0.15) is 38.8 Å². The van der Waals surface area contributed by atoms with Crippen molar-refractivity contribution in [3.05, 3.63) is 89.0 Å². The van der Waals surface area contributed by atoms with Crippen LogP contribution in [0.25, 0.3) is 5.57 Å². The van der Waals surface area contributed by atoms with Gasteiger partial charge in [-0.2, -0.15) is 0 Å². The highest BCUT2D eigenvalue weighted by atomic mass is 16.6. The van der Waals surface area contributed by atoms with E-state index in [2.05, 4.69) is 31.2 Å². The quantitative estimate of drug-likeness (QED) is 0.618. The molecule has 0 spiro atoms. The molecule has 2 aliphatic carbocycles. The Morgan fingerprint density at radius 1 is 1.06 bits per heavy atom. The number of carbonyl (C=O) groups excluding carboxylic acids is 2. The number of aliphatic imine (C=N–C) groups is 1. The van der Waals surface area contributed by atoms with E-state index in [1.807, 2.05) is 56.3 Å². The number of ether oxygens (including phenoxy) is 1. The molecule has 5 heteroatoms. The van der Waals surface area contributed by atoms with Crippen molar-refractivity contribution in [2.75, 3.05) is 6.61 Å². The van der Waals surface area contributed by atoms with Crippen LogP contribution in [0, 0.1) is 5.41 Å². The predicted molar refractivity (Wildman–Crippen MR) is 129 cm³/mol. The Bertz CT molecular complexity index is 1210. The summed E-state index contributed by atoms with van der Waals surface area (Å²) in [5.74, 6) is 0.0451. The van der Waals surface area contributed by atoms with Gasteiger partial charge in [0, 0.05) is 0 Å². The molecule has 2 heterocycles. The molecule has 0 unspecified atom stereocenters. The van der Waals surface area contributed by atoms with Gasteiger partial charge in [0.1, 0.15) is 0 Å². The van der Waals surface area contributed by atoms with Crippen LogP contribution in [0.4, 0.5) is 4.79 Å². The Morgan fingerprint density at radius 2 is 1.70 bits per heavy atom. The molecule has 4 aliphatic rings. The Balaban J connectivity index is 1.88. The van der Waals surface area contributed by atoms with E-state index in [1.165, 1.54) is 4.90 Å². The smallest absolute Gasteiger partial charge is 0.415 e. The topological polar surface area (TPSA) is 59.0 Å². The molecule has 168 valence electrons. The summed E-state index contributed by atoms with van der Waals surface area (Å²) in [6.45, 7) is 8.00. The Morgan fingerprint density at radius 3 is 2.33 bits per heavy atom. The number of rotatable bonds is 3. The van der Waals surface area contributed by atoms with Crippen molar-refractivity contribution in [2.45, 2.75) is 45.2 Å². The first-order valence-corrected chi connectivity index (χ1v) is 11.4. The molecule has 0 saturated heterocycles. The molecule has 0 fully saturated rings. The second-order valence-electron chi connectivity index (χ2n) is 9.20. The summed E-state index contributed by atoms with van der Waals surface area (Å²) < 4.78 is 5.37. The van der Waals surface area contributed by atoms with Gasteiger partial charge in [0.25, 0.3) is 0 Å². The minimum atomic E-state index is -0.961. The van der Waals surface area contributed by atoms with Gasteiger partial charge in [-0.05, 0) is 55.5 Å². The van der Waals surface area contributed by atoms with Gasteiger partial charge in [0.2, 0.25) is 0 Å². The van der Waals surface area contributed by atoms with Gasteiger partial charge >= 0.3 is 6.09 Å². The van der Waals surface area contributed by atoms with Crippen LogP contribution < -0.4 is 0 Å².